The lowest BCUT2D eigenvalue weighted by molar-refractivity contribution is -0.124. The molecular weight excluding hydrogens is 352 g/mol. The average Bonchev–Trinajstić information content (AvgIpc) is 2.52. The number of nitrogens with one attached hydrogen (secondary N) is 2. The lowest BCUT2D eigenvalue weighted by atomic mass is 9.97. The number of hydrogen-bond acceptors (Lipinski definition) is 3. The van der Waals surface area contributed by atoms with E-state index in [0.717, 1.165) is 17.6 Å². The van der Waals surface area contributed by atoms with Crippen molar-refractivity contribution in [2.75, 3.05) is 0 Å². The largest absolute Gasteiger partial charge is 0.444 e. The maximum absolute atomic E-state index is 13.0. The lowest BCUT2D eigenvalue weighted by Gasteiger charge is -2.26. The predicted molar refractivity (Wildman–Crippen MR) is 114 cm³/mol. The molecule has 0 aromatic heterocycles. The molecule has 28 heavy (non-hydrogen) atoms. The van der Waals surface area contributed by atoms with Gasteiger partial charge in [-0.3, -0.25) is 4.79 Å². The van der Waals surface area contributed by atoms with Crippen LogP contribution >= 0.6 is 0 Å². The third-order valence-electron chi connectivity index (χ3n) is 3.99. The number of hydrogen-bond donors (Lipinski definition) is 2. The number of amides is 2. The summed E-state index contributed by atoms with van der Waals surface area (Å²) in [7, 11) is 0. The minimum atomic E-state index is -0.711. The van der Waals surface area contributed by atoms with Crippen LogP contribution in [-0.4, -0.2) is 29.7 Å². The Balaban J connectivity index is 2.92. The van der Waals surface area contributed by atoms with E-state index in [1.54, 1.807) is 20.8 Å². The molecule has 0 aliphatic rings. The average molecular weight is 389 g/mol. The summed E-state index contributed by atoms with van der Waals surface area (Å²) >= 11 is 0. The van der Waals surface area contributed by atoms with Gasteiger partial charge in [0.2, 0.25) is 5.91 Å². The minimum absolute atomic E-state index is 0.0105. The molecule has 156 valence electrons. The SMILES string of the molecule is C=C(C)CC(CC(C)C)NC(=O)C(Cc1ccccc1)NC(=O)OC(C)(C)C. The van der Waals surface area contributed by atoms with Crippen molar-refractivity contribution >= 4 is 12.0 Å². The predicted octanol–water partition coefficient (Wildman–Crippen LogP) is 4.62. The molecule has 1 aromatic rings. The van der Waals surface area contributed by atoms with E-state index >= 15 is 0 Å². The Morgan fingerprint density at radius 2 is 1.71 bits per heavy atom. The molecule has 0 spiro atoms. The van der Waals surface area contributed by atoms with Gasteiger partial charge in [-0.1, -0.05) is 49.8 Å². The van der Waals surface area contributed by atoms with Gasteiger partial charge in [-0.2, -0.15) is 0 Å². The van der Waals surface area contributed by atoms with E-state index < -0.39 is 17.7 Å². The highest BCUT2D eigenvalue weighted by Gasteiger charge is 2.26. The van der Waals surface area contributed by atoms with E-state index in [9.17, 15) is 9.59 Å². The first-order chi connectivity index (χ1) is 13.0. The molecule has 0 aliphatic heterocycles. The number of alkyl carbamates (subject to hydrolysis) is 1. The fourth-order valence-corrected chi connectivity index (χ4v) is 2.99. The smallest absolute Gasteiger partial charge is 0.408 e. The van der Waals surface area contributed by atoms with Crippen LogP contribution in [0.3, 0.4) is 0 Å². The van der Waals surface area contributed by atoms with E-state index in [1.165, 1.54) is 0 Å². The highest BCUT2D eigenvalue weighted by Crippen LogP contribution is 2.14. The maximum Gasteiger partial charge on any atom is 0.408 e. The van der Waals surface area contributed by atoms with Crippen molar-refractivity contribution in [3.8, 4) is 0 Å². The quantitative estimate of drug-likeness (QED) is 0.607. The van der Waals surface area contributed by atoms with Crippen LogP contribution in [0, 0.1) is 5.92 Å². The zero-order valence-electron chi connectivity index (χ0n) is 18.2. The van der Waals surface area contributed by atoms with Crippen LogP contribution in [0.4, 0.5) is 4.79 Å². The van der Waals surface area contributed by atoms with Crippen LogP contribution in [0.15, 0.2) is 42.5 Å². The molecule has 5 heteroatoms. The summed E-state index contributed by atoms with van der Waals surface area (Å²) in [4.78, 5) is 25.3. The van der Waals surface area contributed by atoms with Gasteiger partial charge in [0.25, 0.3) is 0 Å². The Morgan fingerprint density at radius 3 is 2.21 bits per heavy atom. The number of carbonyl (C=O) groups is 2. The van der Waals surface area contributed by atoms with Gasteiger partial charge in [-0.25, -0.2) is 4.79 Å². The van der Waals surface area contributed by atoms with Crippen molar-refractivity contribution in [3.63, 3.8) is 0 Å². The topological polar surface area (TPSA) is 67.4 Å². The molecule has 0 bridgehead atoms. The molecule has 0 heterocycles. The van der Waals surface area contributed by atoms with Gasteiger partial charge < -0.3 is 15.4 Å². The summed E-state index contributed by atoms with van der Waals surface area (Å²) in [5.41, 5.74) is 1.36. The first-order valence-corrected chi connectivity index (χ1v) is 9.94. The van der Waals surface area contributed by atoms with E-state index in [-0.39, 0.29) is 11.9 Å². The fourth-order valence-electron chi connectivity index (χ4n) is 2.99. The van der Waals surface area contributed by atoms with E-state index in [2.05, 4.69) is 31.1 Å². The molecular formula is C23H36N2O3. The molecule has 2 atom stereocenters. The van der Waals surface area contributed by atoms with Gasteiger partial charge in [-0.15, -0.1) is 6.58 Å². The molecule has 0 radical (unpaired) electrons. The summed E-state index contributed by atoms with van der Waals surface area (Å²) < 4.78 is 5.35. The molecule has 0 aliphatic carbocycles. The van der Waals surface area contributed by atoms with Crippen LogP contribution in [0.25, 0.3) is 0 Å². The Hall–Kier alpha value is -2.30. The van der Waals surface area contributed by atoms with Gasteiger partial charge >= 0.3 is 6.09 Å². The van der Waals surface area contributed by atoms with Gasteiger partial charge in [0, 0.05) is 12.5 Å². The Kier molecular flexibility index (Phi) is 9.23. The molecule has 0 saturated heterocycles. The number of ether oxygens (including phenoxy) is 1. The van der Waals surface area contributed by atoms with E-state index in [0.29, 0.717) is 18.8 Å². The van der Waals surface area contributed by atoms with E-state index in [1.807, 2.05) is 37.3 Å². The fraction of sp³-hybridized carbons (Fsp3) is 0.565. The Labute approximate surface area is 169 Å². The summed E-state index contributed by atoms with van der Waals surface area (Å²) in [6.45, 7) is 15.6. The summed E-state index contributed by atoms with van der Waals surface area (Å²) in [6, 6.07) is 8.92. The highest BCUT2D eigenvalue weighted by molar-refractivity contribution is 5.86. The van der Waals surface area contributed by atoms with E-state index in [4.69, 9.17) is 4.74 Å². The van der Waals surface area contributed by atoms with Crippen LogP contribution < -0.4 is 10.6 Å². The second-order valence-corrected chi connectivity index (χ2v) is 8.88. The number of rotatable bonds is 9. The van der Waals surface area contributed by atoms with Gasteiger partial charge in [0.05, 0.1) is 0 Å². The monoisotopic (exact) mass is 388 g/mol. The Morgan fingerprint density at radius 1 is 1.11 bits per heavy atom. The van der Waals surface area contributed by atoms with Crippen molar-refractivity contribution in [2.24, 2.45) is 5.92 Å². The molecule has 2 N–H and O–H groups in total. The summed E-state index contributed by atoms with van der Waals surface area (Å²) in [5, 5.41) is 5.84. The van der Waals surface area contributed by atoms with Crippen LogP contribution in [0.2, 0.25) is 0 Å². The van der Waals surface area contributed by atoms with Crippen molar-refractivity contribution in [1.29, 1.82) is 0 Å². The first kappa shape index (κ1) is 23.7. The van der Waals surface area contributed by atoms with Crippen LogP contribution in [0.5, 0.6) is 0 Å². The zero-order valence-corrected chi connectivity index (χ0v) is 18.2. The highest BCUT2D eigenvalue weighted by atomic mass is 16.6. The van der Waals surface area contributed by atoms with Crippen molar-refractivity contribution in [3.05, 3.63) is 48.0 Å². The normalized spacial score (nSPS) is 13.5. The van der Waals surface area contributed by atoms with Crippen LogP contribution in [0.1, 0.15) is 59.9 Å². The van der Waals surface area contributed by atoms with Crippen molar-refractivity contribution in [1.82, 2.24) is 10.6 Å². The van der Waals surface area contributed by atoms with Crippen molar-refractivity contribution in [2.45, 2.75) is 78.5 Å². The second-order valence-electron chi connectivity index (χ2n) is 8.88. The third-order valence-corrected chi connectivity index (χ3v) is 3.99. The summed E-state index contributed by atoms with van der Waals surface area (Å²) in [6.07, 6.45) is 1.37. The van der Waals surface area contributed by atoms with Gasteiger partial charge in [0.15, 0.2) is 0 Å². The second kappa shape index (κ2) is 10.9. The molecule has 2 amide bonds. The van der Waals surface area contributed by atoms with Crippen LogP contribution in [-0.2, 0) is 16.0 Å². The maximum atomic E-state index is 13.0. The lowest BCUT2D eigenvalue weighted by Crippen LogP contribution is -2.51. The zero-order chi connectivity index (χ0) is 21.3. The third kappa shape index (κ3) is 10.1. The summed E-state index contributed by atoms with van der Waals surface area (Å²) in [5.74, 6) is 0.234. The minimum Gasteiger partial charge on any atom is -0.444 e. The molecule has 1 aromatic carbocycles. The molecule has 2 unspecified atom stereocenters. The first-order valence-electron chi connectivity index (χ1n) is 9.94. The van der Waals surface area contributed by atoms with Gasteiger partial charge in [-0.05, 0) is 52.0 Å². The Bertz CT molecular complexity index is 648. The number of carbonyl (C=O) groups excluding carboxylic acids is 2. The molecule has 1 rings (SSSR count). The standard InChI is InChI=1S/C23H36N2O3/c1-16(2)13-19(14-17(3)4)24-21(26)20(15-18-11-9-8-10-12-18)25-22(27)28-23(5,6)7/h8-12,17,19-20H,1,13-15H2,2-7H3,(H,24,26)(H,25,27). The van der Waals surface area contributed by atoms with Crippen molar-refractivity contribution < 1.29 is 14.3 Å². The molecule has 0 saturated carbocycles. The molecule has 0 fully saturated rings. The molecule has 5 nitrogen and oxygen atoms in total. The van der Waals surface area contributed by atoms with Gasteiger partial charge in [0.1, 0.15) is 11.6 Å². The number of benzene rings is 1.